The Bertz CT molecular complexity index is 464. The van der Waals surface area contributed by atoms with Gasteiger partial charge < -0.3 is 9.84 Å². The number of rotatable bonds is 5. The van der Waals surface area contributed by atoms with Crippen LogP contribution in [0.4, 0.5) is 0 Å². The van der Waals surface area contributed by atoms with Crippen LogP contribution in [0, 0.1) is 11.3 Å². The highest BCUT2D eigenvalue weighted by molar-refractivity contribution is 5.82. The molecule has 0 aliphatic heterocycles. The van der Waals surface area contributed by atoms with Gasteiger partial charge in [0.1, 0.15) is 0 Å². The van der Waals surface area contributed by atoms with Crippen molar-refractivity contribution in [1.29, 1.82) is 5.26 Å². The standard InChI is InChI=1S/C14H17NO3/c1-3-18-13(17)14(2,7-8-16)12-6-4-5-11(9-12)10-15/h4-6,9,16H,3,7-8H2,1-2H3. The first kappa shape index (κ1) is 14.2. The van der Waals surface area contributed by atoms with Crippen molar-refractivity contribution in [2.45, 2.75) is 25.7 Å². The minimum Gasteiger partial charge on any atom is -0.465 e. The fourth-order valence-corrected chi connectivity index (χ4v) is 1.81. The van der Waals surface area contributed by atoms with Crippen LogP contribution in [-0.4, -0.2) is 24.3 Å². The Morgan fingerprint density at radius 2 is 2.28 bits per heavy atom. The molecular weight excluding hydrogens is 230 g/mol. The van der Waals surface area contributed by atoms with Gasteiger partial charge in [0.2, 0.25) is 0 Å². The van der Waals surface area contributed by atoms with Crippen molar-refractivity contribution >= 4 is 5.97 Å². The average Bonchev–Trinajstić information content (AvgIpc) is 2.39. The van der Waals surface area contributed by atoms with E-state index in [1.807, 2.05) is 6.07 Å². The van der Waals surface area contributed by atoms with Crippen molar-refractivity contribution in [3.05, 3.63) is 35.4 Å². The van der Waals surface area contributed by atoms with Crippen LogP contribution in [-0.2, 0) is 14.9 Å². The molecule has 0 fully saturated rings. The van der Waals surface area contributed by atoms with Crippen LogP contribution in [0.15, 0.2) is 24.3 Å². The summed E-state index contributed by atoms with van der Waals surface area (Å²) < 4.78 is 5.05. The Balaban J connectivity index is 3.17. The van der Waals surface area contributed by atoms with Gasteiger partial charge in [0.05, 0.1) is 23.7 Å². The van der Waals surface area contributed by atoms with E-state index in [-0.39, 0.29) is 25.6 Å². The zero-order valence-electron chi connectivity index (χ0n) is 10.6. The Hall–Kier alpha value is -1.86. The lowest BCUT2D eigenvalue weighted by molar-refractivity contribution is -0.150. The molecule has 96 valence electrons. The number of nitriles is 1. The van der Waals surface area contributed by atoms with Gasteiger partial charge in [0.25, 0.3) is 0 Å². The number of hydrogen-bond donors (Lipinski definition) is 1. The molecule has 4 nitrogen and oxygen atoms in total. The van der Waals surface area contributed by atoms with Crippen molar-refractivity contribution < 1.29 is 14.6 Å². The maximum Gasteiger partial charge on any atom is 0.316 e. The molecule has 0 saturated heterocycles. The SMILES string of the molecule is CCOC(=O)C(C)(CCO)c1cccc(C#N)c1. The lowest BCUT2D eigenvalue weighted by atomic mass is 9.79. The Kier molecular flexibility index (Phi) is 4.87. The van der Waals surface area contributed by atoms with Gasteiger partial charge in [-0.05, 0) is 38.0 Å². The maximum absolute atomic E-state index is 12.0. The lowest BCUT2D eigenvalue weighted by Crippen LogP contribution is -2.35. The summed E-state index contributed by atoms with van der Waals surface area (Å²) in [5.74, 6) is -0.380. The molecule has 0 saturated carbocycles. The normalized spacial score (nSPS) is 13.4. The number of esters is 1. The highest BCUT2D eigenvalue weighted by atomic mass is 16.5. The summed E-state index contributed by atoms with van der Waals surface area (Å²) in [7, 11) is 0. The summed E-state index contributed by atoms with van der Waals surface area (Å²) in [6.07, 6.45) is 0.265. The smallest absolute Gasteiger partial charge is 0.316 e. The quantitative estimate of drug-likeness (QED) is 0.805. The van der Waals surface area contributed by atoms with Crippen molar-refractivity contribution in [2.24, 2.45) is 0 Å². The monoisotopic (exact) mass is 247 g/mol. The van der Waals surface area contributed by atoms with E-state index < -0.39 is 5.41 Å². The maximum atomic E-state index is 12.0. The van der Waals surface area contributed by atoms with Crippen LogP contribution in [0.1, 0.15) is 31.4 Å². The lowest BCUT2D eigenvalue weighted by Gasteiger charge is -2.27. The largest absolute Gasteiger partial charge is 0.465 e. The fraction of sp³-hybridized carbons (Fsp3) is 0.429. The van der Waals surface area contributed by atoms with Gasteiger partial charge in [-0.15, -0.1) is 0 Å². The first-order valence-electron chi connectivity index (χ1n) is 5.87. The van der Waals surface area contributed by atoms with E-state index in [0.29, 0.717) is 11.1 Å². The molecule has 4 heteroatoms. The molecule has 0 spiro atoms. The molecule has 1 aromatic carbocycles. The molecule has 1 N–H and O–H groups in total. The Morgan fingerprint density at radius 1 is 1.56 bits per heavy atom. The molecule has 1 aromatic rings. The average molecular weight is 247 g/mol. The van der Waals surface area contributed by atoms with Gasteiger partial charge in [-0.25, -0.2) is 0 Å². The number of hydrogen-bond acceptors (Lipinski definition) is 4. The third-order valence-electron chi connectivity index (χ3n) is 2.97. The van der Waals surface area contributed by atoms with Gasteiger partial charge in [0, 0.05) is 6.61 Å². The summed E-state index contributed by atoms with van der Waals surface area (Å²) in [4.78, 5) is 12.0. The third-order valence-corrected chi connectivity index (χ3v) is 2.97. The zero-order valence-corrected chi connectivity index (χ0v) is 10.6. The van der Waals surface area contributed by atoms with Gasteiger partial charge in [-0.1, -0.05) is 12.1 Å². The molecule has 1 rings (SSSR count). The predicted molar refractivity (Wildman–Crippen MR) is 66.8 cm³/mol. The van der Waals surface area contributed by atoms with E-state index in [4.69, 9.17) is 15.1 Å². The Labute approximate surface area is 107 Å². The van der Waals surface area contributed by atoms with Crippen molar-refractivity contribution in [2.75, 3.05) is 13.2 Å². The van der Waals surface area contributed by atoms with Gasteiger partial charge in [-0.3, -0.25) is 4.79 Å². The van der Waals surface area contributed by atoms with E-state index in [2.05, 4.69) is 0 Å². The first-order chi connectivity index (χ1) is 8.58. The minimum atomic E-state index is -0.919. The molecule has 0 radical (unpaired) electrons. The van der Waals surface area contributed by atoms with Gasteiger partial charge in [-0.2, -0.15) is 5.26 Å². The zero-order chi connectivity index (χ0) is 13.6. The molecule has 1 unspecified atom stereocenters. The number of ether oxygens (including phenoxy) is 1. The van der Waals surface area contributed by atoms with Gasteiger partial charge >= 0.3 is 5.97 Å². The first-order valence-corrected chi connectivity index (χ1v) is 5.87. The third kappa shape index (κ3) is 2.88. The number of nitrogens with zero attached hydrogens (tertiary/aromatic N) is 1. The van der Waals surface area contributed by atoms with E-state index in [9.17, 15) is 4.79 Å². The molecule has 1 atom stereocenters. The van der Waals surface area contributed by atoms with Crippen LogP contribution >= 0.6 is 0 Å². The molecule has 0 aliphatic carbocycles. The summed E-state index contributed by atoms with van der Waals surface area (Å²) in [6, 6.07) is 8.87. The highest BCUT2D eigenvalue weighted by Crippen LogP contribution is 2.29. The molecule has 0 amide bonds. The number of aliphatic hydroxyl groups is 1. The molecular formula is C14H17NO3. The number of carbonyl (C=O) groups is 1. The molecule has 0 aromatic heterocycles. The van der Waals surface area contributed by atoms with E-state index >= 15 is 0 Å². The van der Waals surface area contributed by atoms with Crippen LogP contribution < -0.4 is 0 Å². The van der Waals surface area contributed by atoms with Crippen molar-refractivity contribution in [3.8, 4) is 6.07 Å². The van der Waals surface area contributed by atoms with Crippen molar-refractivity contribution in [3.63, 3.8) is 0 Å². The minimum absolute atomic E-state index is 0.119. The molecule has 18 heavy (non-hydrogen) atoms. The van der Waals surface area contributed by atoms with Crippen LogP contribution in [0.25, 0.3) is 0 Å². The van der Waals surface area contributed by atoms with E-state index in [1.54, 1.807) is 38.1 Å². The Morgan fingerprint density at radius 3 is 2.83 bits per heavy atom. The van der Waals surface area contributed by atoms with Gasteiger partial charge in [0.15, 0.2) is 0 Å². The summed E-state index contributed by atoms with van der Waals surface area (Å²) in [5.41, 5.74) is 0.257. The number of aliphatic hydroxyl groups excluding tert-OH is 1. The fourth-order valence-electron chi connectivity index (χ4n) is 1.81. The highest BCUT2D eigenvalue weighted by Gasteiger charge is 2.36. The topological polar surface area (TPSA) is 70.3 Å². The summed E-state index contributed by atoms with van der Waals surface area (Å²) in [5, 5.41) is 18.0. The van der Waals surface area contributed by atoms with E-state index in [1.165, 1.54) is 0 Å². The van der Waals surface area contributed by atoms with Crippen LogP contribution in [0.3, 0.4) is 0 Å². The van der Waals surface area contributed by atoms with E-state index in [0.717, 1.165) is 0 Å². The summed E-state index contributed by atoms with van der Waals surface area (Å²) in [6.45, 7) is 3.63. The molecule has 0 bridgehead atoms. The number of benzene rings is 1. The molecule has 0 heterocycles. The predicted octanol–water partition coefficient (Wildman–Crippen LogP) is 1.76. The second-order valence-corrected chi connectivity index (χ2v) is 4.22. The summed E-state index contributed by atoms with van der Waals surface area (Å²) >= 11 is 0. The van der Waals surface area contributed by atoms with Crippen molar-refractivity contribution in [1.82, 2.24) is 0 Å². The second kappa shape index (κ2) is 6.18. The number of carbonyl (C=O) groups excluding carboxylic acids is 1. The van der Waals surface area contributed by atoms with Crippen LogP contribution in [0.5, 0.6) is 0 Å². The molecule has 0 aliphatic rings. The second-order valence-electron chi connectivity index (χ2n) is 4.22. The van der Waals surface area contributed by atoms with Crippen LogP contribution in [0.2, 0.25) is 0 Å².